The second-order valence-corrected chi connectivity index (χ2v) is 11.7. The second kappa shape index (κ2) is 15.8. The molecular formula is C38H39N5O5. The highest BCUT2D eigenvalue weighted by atomic mass is 16.5. The van der Waals surface area contributed by atoms with Crippen molar-refractivity contribution in [1.82, 2.24) is 15.5 Å². The number of piperidine rings is 1. The fraction of sp³-hybridized carbons (Fsp3) is 0.289. The van der Waals surface area contributed by atoms with Gasteiger partial charge in [0.25, 0.3) is 11.8 Å². The number of likely N-dealkylation sites (N-methyl/N-ethyl adjacent to an activating group) is 1. The molecule has 0 unspecified atom stereocenters. The quantitative estimate of drug-likeness (QED) is 0.115. The third-order valence-electron chi connectivity index (χ3n) is 8.41. The molecule has 48 heavy (non-hydrogen) atoms. The molecule has 3 amide bonds. The molecular weight excluding hydrogens is 606 g/mol. The third-order valence-corrected chi connectivity index (χ3v) is 8.41. The number of hydrogen-bond donors (Lipinski definition) is 3. The fourth-order valence-corrected chi connectivity index (χ4v) is 5.71. The molecule has 1 aliphatic heterocycles. The van der Waals surface area contributed by atoms with Crippen LogP contribution in [0.3, 0.4) is 0 Å². The van der Waals surface area contributed by atoms with Crippen molar-refractivity contribution in [2.45, 2.75) is 38.3 Å². The van der Waals surface area contributed by atoms with Gasteiger partial charge in [-0.2, -0.15) is 4.99 Å². The summed E-state index contributed by atoms with van der Waals surface area (Å²) in [5.41, 5.74) is 7.24. The average molecular weight is 646 g/mol. The SMILES string of the molecule is CCOC(=O)C(N)=NC(=O)[C@@H](Cc1ccc2ccccc2c1)N(C)C(=O)[C@@H](C#Cc1ccc2ccccc2c1)NC(=O)C1CCNCC1. The first-order chi connectivity index (χ1) is 23.2. The summed E-state index contributed by atoms with van der Waals surface area (Å²) in [4.78, 5) is 58.6. The van der Waals surface area contributed by atoms with Gasteiger partial charge in [0.2, 0.25) is 11.7 Å². The Morgan fingerprint density at radius 2 is 1.56 bits per heavy atom. The number of nitrogens with zero attached hydrogens (tertiary/aromatic N) is 2. The molecule has 1 fully saturated rings. The number of rotatable bonds is 8. The van der Waals surface area contributed by atoms with E-state index >= 15 is 0 Å². The number of ether oxygens (including phenoxy) is 1. The molecule has 5 rings (SSSR count). The first-order valence-electron chi connectivity index (χ1n) is 16.0. The van der Waals surface area contributed by atoms with Gasteiger partial charge in [0.15, 0.2) is 6.04 Å². The maximum absolute atomic E-state index is 14.2. The summed E-state index contributed by atoms with van der Waals surface area (Å²) < 4.78 is 4.90. The summed E-state index contributed by atoms with van der Waals surface area (Å²) in [5.74, 6) is 2.52. The van der Waals surface area contributed by atoms with E-state index in [0.717, 1.165) is 27.1 Å². The van der Waals surface area contributed by atoms with E-state index in [1.165, 1.54) is 11.9 Å². The minimum absolute atomic E-state index is 0.0520. The minimum Gasteiger partial charge on any atom is -0.460 e. The molecule has 1 heterocycles. The van der Waals surface area contributed by atoms with Crippen molar-refractivity contribution < 1.29 is 23.9 Å². The largest absolute Gasteiger partial charge is 0.460 e. The van der Waals surface area contributed by atoms with Crippen molar-refractivity contribution in [1.29, 1.82) is 0 Å². The van der Waals surface area contributed by atoms with Crippen LogP contribution in [0.2, 0.25) is 0 Å². The van der Waals surface area contributed by atoms with Crippen molar-refractivity contribution >= 4 is 51.1 Å². The number of aliphatic imine (C=N–C) groups is 1. The molecule has 0 aromatic heterocycles. The van der Waals surface area contributed by atoms with E-state index in [0.29, 0.717) is 31.5 Å². The predicted octanol–water partition coefficient (Wildman–Crippen LogP) is 3.35. The van der Waals surface area contributed by atoms with Crippen molar-refractivity contribution in [2.24, 2.45) is 16.6 Å². The van der Waals surface area contributed by atoms with Gasteiger partial charge in [-0.15, -0.1) is 0 Å². The Hall–Kier alpha value is -5.53. The summed E-state index contributed by atoms with van der Waals surface area (Å²) in [6, 6.07) is 24.7. The van der Waals surface area contributed by atoms with Crippen LogP contribution < -0.4 is 16.4 Å². The van der Waals surface area contributed by atoms with Crippen LogP contribution in [0.5, 0.6) is 0 Å². The lowest BCUT2D eigenvalue weighted by Crippen LogP contribution is -2.53. The minimum atomic E-state index is -1.26. The normalized spacial score (nSPS) is 14.8. The van der Waals surface area contributed by atoms with Gasteiger partial charge in [-0.25, -0.2) is 4.79 Å². The first kappa shape index (κ1) is 33.8. The third kappa shape index (κ3) is 8.43. The number of amidine groups is 1. The molecule has 10 heteroatoms. The monoisotopic (exact) mass is 645 g/mol. The van der Waals surface area contributed by atoms with Crippen molar-refractivity contribution in [3.05, 3.63) is 96.1 Å². The number of carbonyl (C=O) groups is 4. The van der Waals surface area contributed by atoms with E-state index in [9.17, 15) is 19.2 Å². The van der Waals surface area contributed by atoms with Gasteiger partial charge in [0, 0.05) is 24.9 Å². The van der Waals surface area contributed by atoms with Gasteiger partial charge in [0.1, 0.15) is 6.04 Å². The Bertz CT molecular complexity index is 1920. The number of hydrogen-bond acceptors (Lipinski definition) is 6. The van der Waals surface area contributed by atoms with Gasteiger partial charge in [0.05, 0.1) is 6.61 Å². The van der Waals surface area contributed by atoms with Gasteiger partial charge >= 0.3 is 5.97 Å². The van der Waals surface area contributed by atoms with Crippen molar-refractivity contribution in [3.8, 4) is 11.8 Å². The van der Waals surface area contributed by atoms with Crippen LogP contribution in [0, 0.1) is 17.8 Å². The maximum Gasteiger partial charge on any atom is 0.373 e. The van der Waals surface area contributed by atoms with E-state index in [1.54, 1.807) is 6.92 Å². The van der Waals surface area contributed by atoms with Crippen LogP contribution in [-0.2, 0) is 30.3 Å². The lowest BCUT2D eigenvalue weighted by atomic mass is 9.96. The lowest BCUT2D eigenvalue weighted by Gasteiger charge is -2.29. The Morgan fingerprint density at radius 1 is 0.938 bits per heavy atom. The number of carbonyl (C=O) groups excluding carboxylic acids is 4. The van der Waals surface area contributed by atoms with Crippen LogP contribution in [0.25, 0.3) is 21.5 Å². The number of fused-ring (bicyclic) bond motifs is 2. The highest BCUT2D eigenvalue weighted by Gasteiger charge is 2.33. The summed E-state index contributed by atoms with van der Waals surface area (Å²) in [6.07, 6.45) is 1.33. The molecule has 246 valence electrons. The highest BCUT2D eigenvalue weighted by Crippen LogP contribution is 2.20. The van der Waals surface area contributed by atoms with Crippen LogP contribution in [-0.4, -0.2) is 73.3 Å². The molecule has 1 saturated heterocycles. The van der Waals surface area contributed by atoms with Crippen LogP contribution in [0.15, 0.2) is 89.9 Å². The lowest BCUT2D eigenvalue weighted by molar-refractivity contribution is -0.140. The molecule has 0 radical (unpaired) electrons. The molecule has 4 aromatic carbocycles. The number of nitrogens with two attached hydrogens (primary N) is 1. The first-order valence-corrected chi connectivity index (χ1v) is 16.0. The molecule has 2 atom stereocenters. The topological polar surface area (TPSA) is 143 Å². The van der Waals surface area contributed by atoms with Gasteiger partial charge in [-0.1, -0.05) is 84.6 Å². The highest BCUT2D eigenvalue weighted by molar-refractivity contribution is 6.36. The molecule has 0 saturated carbocycles. The van der Waals surface area contributed by atoms with E-state index < -0.39 is 35.7 Å². The number of benzene rings is 4. The van der Waals surface area contributed by atoms with Crippen molar-refractivity contribution in [2.75, 3.05) is 26.7 Å². The van der Waals surface area contributed by atoms with Gasteiger partial charge in [-0.05, 0) is 72.1 Å². The smallest absolute Gasteiger partial charge is 0.373 e. The zero-order valence-corrected chi connectivity index (χ0v) is 27.1. The Labute approximate surface area is 279 Å². The maximum atomic E-state index is 14.2. The Kier molecular flexibility index (Phi) is 11.2. The number of esters is 1. The van der Waals surface area contributed by atoms with Crippen LogP contribution in [0.4, 0.5) is 0 Å². The van der Waals surface area contributed by atoms with Crippen LogP contribution >= 0.6 is 0 Å². The van der Waals surface area contributed by atoms with Gasteiger partial charge < -0.3 is 26.0 Å². The van der Waals surface area contributed by atoms with E-state index in [4.69, 9.17) is 10.5 Å². The molecule has 0 spiro atoms. The summed E-state index contributed by atoms with van der Waals surface area (Å²) in [5, 5.41) is 10.1. The summed E-state index contributed by atoms with van der Waals surface area (Å²) >= 11 is 0. The average Bonchev–Trinajstić information content (AvgIpc) is 3.11. The zero-order valence-electron chi connectivity index (χ0n) is 27.1. The van der Waals surface area contributed by atoms with Crippen molar-refractivity contribution in [3.63, 3.8) is 0 Å². The summed E-state index contributed by atoms with van der Waals surface area (Å²) in [6.45, 7) is 3.05. The summed E-state index contributed by atoms with van der Waals surface area (Å²) in [7, 11) is 1.46. The van der Waals surface area contributed by atoms with E-state index in [-0.39, 0.29) is 24.9 Å². The Balaban J connectivity index is 1.48. The molecule has 4 N–H and O–H groups in total. The number of amides is 3. The Morgan fingerprint density at radius 3 is 2.23 bits per heavy atom. The molecule has 10 nitrogen and oxygen atoms in total. The second-order valence-electron chi connectivity index (χ2n) is 11.7. The predicted molar refractivity (Wildman–Crippen MR) is 186 cm³/mol. The molecule has 0 aliphatic carbocycles. The molecule has 4 aromatic rings. The standard InChI is InChI=1S/C38H39N5O5/c1-3-48-38(47)34(39)42-36(45)33(24-26-13-16-28-9-5-7-11-31(28)23-26)43(2)37(46)32(41-35(44)29-18-20-40-21-19-29)17-14-25-12-15-27-8-4-6-10-30(27)22-25/h4-13,15-16,22-23,29,32-33,40H,3,18-21,24H2,1-2H3,(H,41,44)(H2,39,42,45)/t32-,33-/m1/s1. The zero-order chi connectivity index (χ0) is 34.0. The van der Waals surface area contributed by atoms with Gasteiger partial charge in [-0.3, -0.25) is 14.4 Å². The van der Waals surface area contributed by atoms with Crippen LogP contribution in [0.1, 0.15) is 30.9 Å². The number of nitrogens with one attached hydrogen (secondary N) is 2. The van der Waals surface area contributed by atoms with E-state index in [2.05, 4.69) is 27.5 Å². The molecule has 1 aliphatic rings. The molecule has 0 bridgehead atoms. The van der Waals surface area contributed by atoms with E-state index in [1.807, 2.05) is 84.9 Å². The fourth-order valence-electron chi connectivity index (χ4n) is 5.71.